The van der Waals surface area contributed by atoms with Crippen molar-refractivity contribution < 1.29 is 14.0 Å². The van der Waals surface area contributed by atoms with Crippen LogP contribution in [-0.2, 0) is 0 Å². The molecule has 30 heavy (non-hydrogen) atoms. The molecule has 1 aromatic heterocycles. The molecule has 1 saturated heterocycles. The quantitative estimate of drug-likeness (QED) is 0.580. The lowest BCUT2D eigenvalue weighted by Crippen LogP contribution is -2.49. The second kappa shape index (κ2) is 8.03. The molecule has 2 aromatic carbocycles. The molecule has 4 rings (SSSR count). The lowest BCUT2D eigenvalue weighted by Gasteiger charge is -2.36. The van der Waals surface area contributed by atoms with E-state index in [-0.39, 0.29) is 11.7 Å². The van der Waals surface area contributed by atoms with Gasteiger partial charge in [0, 0.05) is 42.2 Å². The standard InChI is InChI=1S/C23H21ClFN3O2/c1-14-19(12-17-11-18(24)4-5-21(17)26-14)23(30)28-9-7-27(8-10-28)22-6-3-16(15(2)29)13-20(22)25/h3-6,11-13H,7-10H2,1-2H3. The number of hydrogen-bond acceptors (Lipinski definition) is 4. The monoisotopic (exact) mass is 425 g/mol. The third-order valence-electron chi connectivity index (χ3n) is 5.46. The minimum absolute atomic E-state index is 0.0890. The van der Waals surface area contributed by atoms with E-state index in [0.29, 0.717) is 53.7 Å². The maximum Gasteiger partial charge on any atom is 0.255 e. The maximum absolute atomic E-state index is 14.5. The molecule has 0 saturated carbocycles. The number of aromatic nitrogens is 1. The van der Waals surface area contributed by atoms with Crippen molar-refractivity contribution in [1.82, 2.24) is 9.88 Å². The van der Waals surface area contributed by atoms with Crippen molar-refractivity contribution in [2.75, 3.05) is 31.1 Å². The normalized spacial score (nSPS) is 14.3. The van der Waals surface area contributed by atoms with Crippen LogP contribution >= 0.6 is 11.6 Å². The van der Waals surface area contributed by atoms with E-state index < -0.39 is 5.82 Å². The highest BCUT2D eigenvalue weighted by Gasteiger charge is 2.25. The minimum atomic E-state index is -0.422. The van der Waals surface area contributed by atoms with Crippen molar-refractivity contribution in [2.24, 2.45) is 0 Å². The number of amides is 1. The van der Waals surface area contributed by atoms with Crippen LogP contribution in [0.4, 0.5) is 10.1 Å². The van der Waals surface area contributed by atoms with Crippen LogP contribution in [0.15, 0.2) is 42.5 Å². The Hall–Kier alpha value is -2.99. The number of ketones is 1. The van der Waals surface area contributed by atoms with Gasteiger partial charge >= 0.3 is 0 Å². The molecule has 1 fully saturated rings. The highest BCUT2D eigenvalue weighted by Crippen LogP contribution is 2.25. The molecule has 1 amide bonds. The Kier molecular flexibility index (Phi) is 5.43. The third-order valence-corrected chi connectivity index (χ3v) is 5.69. The molecule has 3 aromatic rings. The first-order chi connectivity index (χ1) is 14.3. The van der Waals surface area contributed by atoms with Gasteiger partial charge in [-0.15, -0.1) is 0 Å². The van der Waals surface area contributed by atoms with Gasteiger partial charge in [0.2, 0.25) is 0 Å². The van der Waals surface area contributed by atoms with Crippen LogP contribution < -0.4 is 4.90 Å². The number of Topliss-reactive ketones (excluding diaryl/α,β-unsaturated/α-hetero) is 1. The molecule has 0 unspecified atom stereocenters. The van der Waals surface area contributed by atoms with Gasteiger partial charge in [0.25, 0.3) is 5.91 Å². The summed E-state index contributed by atoms with van der Waals surface area (Å²) in [7, 11) is 0. The summed E-state index contributed by atoms with van der Waals surface area (Å²) >= 11 is 6.08. The number of halogens is 2. The van der Waals surface area contributed by atoms with Gasteiger partial charge in [-0.3, -0.25) is 14.6 Å². The van der Waals surface area contributed by atoms with Crippen LogP contribution in [0.5, 0.6) is 0 Å². The Balaban J connectivity index is 1.50. The van der Waals surface area contributed by atoms with Gasteiger partial charge in [-0.2, -0.15) is 0 Å². The van der Waals surface area contributed by atoms with Crippen molar-refractivity contribution in [3.63, 3.8) is 0 Å². The first-order valence-corrected chi connectivity index (χ1v) is 10.1. The van der Waals surface area contributed by atoms with Crippen LogP contribution in [0.2, 0.25) is 5.02 Å². The van der Waals surface area contributed by atoms with Crippen LogP contribution in [0.25, 0.3) is 10.9 Å². The highest BCUT2D eigenvalue weighted by molar-refractivity contribution is 6.31. The zero-order chi connectivity index (χ0) is 21.4. The van der Waals surface area contributed by atoms with E-state index in [0.717, 1.165) is 10.9 Å². The first kappa shape index (κ1) is 20.3. The molecule has 0 spiro atoms. The van der Waals surface area contributed by atoms with Crippen LogP contribution in [0.3, 0.4) is 0 Å². The van der Waals surface area contributed by atoms with Gasteiger partial charge in [-0.25, -0.2) is 4.39 Å². The van der Waals surface area contributed by atoms with Gasteiger partial charge in [0.05, 0.1) is 22.5 Å². The molecule has 0 atom stereocenters. The summed E-state index contributed by atoms with van der Waals surface area (Å²) in [4.78, 5) is 32.7. The minimum Gasteiger partial charge on any atom is -0.366 e. The topological polar surface area (TPSA) is 53.5 Å². The van der Waals surface area contributed by atoms with Gasteiger partial charge in [-0.05, 0) is 56.3 Å². The van der Waals surface area contributed by atoms with Crippen LogP contribution in [0, 0.1) is 12.7 Å². The molecule has 7 heteroatoms. The smallest absolute Gasteiger partial charge is 0.255 e. The highest BCUT2D eigenvalue weighted by atomic mass is 35.5. The van der Waals surface area contributed by atoms with E-state index in [4.69, 9.17) is 11.6 Å². The van der Waals surface area contributed by atoms with E-state index in [1.807, 2.05) is 24.0 Å². The Morgan fingerprint density at radius 3 is 2.43 bits per heavy atom. The summed E-state index contributed by atoms with van der Waals surface area (Å²) < 4.78 is 14.5. The summed E-state index contributed by atoms with van der Waals surface area (Å²) in [5.74, 6) is -0.681. The average molecular weight is 426 g/mol. The van der Waals surface area contributed by atoms with Crippen molar-refractivity contribution in [1.29, 1.82) is 0 Å². The first-order valence-electron chi connectivity index (χ1n) is 9.75. The molecule has 0 radical (unpaired) electrons. The molecule has 0 bridgehead atoms. The number of rotatable bonds is 3. The third kappa shape index (κ3) is 3.87. The fourth-order valence-electron chi connectivity index (χ4n) is 3.76. The molecule has 154 valence electrons. The summed E-state index contributed by atoms with van der Waals surface area (Å²) in [6.07, 6.45) is 0. The molecule has 0 aliphatic carbocycles. The largest absolute Gasteiger partial charge is 0.366 e. The summed E-state index contributed by atoms with van der Waals surface area (Å²) in [6.45, 7) is 5.20. The van der Waals surface area contributed by atoms with Gasteiger partial charge in [-0.1, -0.05) is 11.6 Å². The lowest BCUT2D eigenvalue weighted by molar-refractivity contribution is 0.0745. The van der Waals surface area contributed by atoms with Crippen molar-refractivity contribution in [2.45, 2.75) is 13.8 Å². The zero-order valence-electron chi connectivity index (χ0n) is 16.8. The summed E-state index contributed by atoms with van der Waals surface area (Å²) in [5, 5.41) is 1.42. The van der Waals surface area contributed by atoms with Crippen LogP contribution in [0.1, 0.15) is 33.3 Å². The molecule has 0 N–H and O–H groups in total. The second-order valence-corrected chi connectivity index (χ2v) is 7.90. The van der Waals surface area contributed by atoms with E-state index >= 15 is 0 Å². The predicted octanol–water partition coefficient (Wildman–Crippen LogP) is 4.50. The Bertz CT molecular complexity index is 1160. The van der Waals surface area contributed by atoms with Gasteiger partial charge in [0.1, 0.15) is 5.82 Å². The predicted molar refractivity (Wildman–Crippen MR) is 116 cm³/mol. The Labute approximate surface area is 179 Å². The number of benzene rings is 2. The number of fused-ring (bicyclic) bond motifs is 1. The number of carbonyl (C=O) groups is 2. The average Bonchev–Trinajstić information content (AvgIpc) is 2.73. The van der Waals surface area contributed by atoms with E-state index in [1.54, 1.807) is 29.2 Å². The SMILES string of the molecule is CC(=O)c1ccc(N2CCN(C(=O)c3cc4cc(Cl)ccc4nc3C)CC2)c(F)c1. The summed E-state index contributed by atoms with van der Waals surface area (Å²) in [5.41, 5.74) is 2.82. The fraction of sp³-hybridized carbons (Fsp3) is 0.261. The Morgan fingerprint density at radius 2 is 1.77 bits per heavy atom. The number of carbonyl (C=O) groups excluding carboxylic acids is 2. The maximum atomic E-state index is 14.5. The second-order valence-electron chi connectivity index (χ2n) is 7.46. The van der Waals surface area contributed by atoms with Crippen molar-refractivity contribution in [3.8, 4) is 0 Å². The van der Waals surface area contributed by atoms with Gasteiger partial charge < -0.3 is 9.80 Å². The number of anilines is 1. The molecule has 5 nitrogen and oxygen atoms in total. The number of aryl methyl sites for hydroxylation is 1. The summed E-state index contributed by atoms with van der Waals surface area (Å²) in [6, 6.07) is 11.8. The fourth-order valence-corrected chi connectivity index (χ4v) is 3.94. The molecular weight excluding hydrogens is 405 g/mol. The van der Waals surface area contributed by atoms with Gasteiger partial charge in [0.15, 0.2) is 5.78 Å². The van der Waals surface area contributed by atoms with Crippen LogP contribution in [-0.4, -0.2) is 47.8 Å². The molecule has 1 aliphatic heterocycles. The van der Waals surface area contributed by atoms with Crippen molar-refractivity contribution in [3.05, 3.63) is 70.1 Å². The van der Waals surface area contributed by atoms with E-state index in [1.165, 1.54) is 13.0 Å². The Morgan fingerprint density at radius 1 is 1.03 bits per heavy atom. The number of pyridine rings is 1. The number of nitrogens with zero attached hydrogens (tertiary/aromatic N) is 3. The number of hydrogen-bond donors (Lipinski definition) is 0. The lowest BCUT2D eigenvalue weighted by atomic mass is 10.1. The molecular formula is C23H21ClFN3O2. The van der Waals surface area contributed by atoms with E-state index in [9.17, 15) is 14.0 Å². The molecule has 2 heterocycles. The van der Waals surface area contributed by atoms with E-state index in [2.05, 4.69) is 4.98 Å². The van der Waals surface area contributed by atoms with Crippen molar-refractivity contribution >= 4 is 39.9 Å². The zero-order valence-corrected chi connectivity index (χ0v) is 17.5. The molecule has 1 aliphatic rings. The number of piperazine rings is 1.